The summed E-state index contributed by atoms with van der Waals surface area (Å²) in [6.07, 6.45) is 0. The lowest BCUT2D eigenvalue weighted by molar-refractivity contribution is -0.138. The predicted molar refractivity (Wildman–Crippen MR) is 85.6 cm³/mol. The van der Waals surface area contributed by atoms with Gasteiger partial charge in [-0.15, -0.1) is 0 Å². The molecular weight excluding hydrogens is 264 g/mol. The first-order valence-corrected chi connectivity index (χ1v) is 7.06. The van der Waals surface area contributed by atoms with Crippen LogP contribution in [0.1, 0.15) is 6.92 Å². The molecule has 0 saturated carbocycles. The molecule has 0 radical (unpaired) electrons. The van der Waals surface area contributed by atoms with Gasteiger partial charge in [-0.3, -0.25) is 4.79 Å². The van der Waals surface area contributed by atoms with E-state index in [0.29, 0.717) is 0 Å². The van der Waals surface area contributed by atoms with Crippen LogP contribution in [0.25, 0.3) is 21.8 Å². The van der Waals surface area contributed by atoms with Crippen LogP contribution in [0.5, 0.6) is 0 Å². The van der Waals surface area contributed by atoms with E-state index >= 15 is 0 Å². The van der Waals surface area contributed by atoms with Crippen molar-refractivity contribution < 1.29 is 9.53 Å². The van der Waals surface area contributed by atoms with E-state index in [4.69, 9.17) is 0 Å². The Morgan fingerprint density at radius 3 is 2.67 bits per heavy atom. The first kappa shape index (κ1) is 13.5. The van der Waals surface area contributed by atoms with Crippen LogP contribution in [0.4, 0.5) is 5.69 Å². The van der Waals surface area contributed by atoms with Crippen molar-refractivity contribution >= 4 is 33.5 Å². The minimum absolute atomic E-state index is 0.175. The number of para-hydroxylation sites is 1. The number of aromatic nitrogens is 1. The molecule has 0 spiro atoms. The van der Waals surface area contributed by atoms with E-state index in [0.717, 1.165) is 12.2 Å². The van der Waals surface area contributed by atoms with Gasteiger partial charge in [-0.25, -0.2) is 0 Å². The average molecular weight is 282 g/mol. The minimum Gasteiger partial charge on any atom is -0.468 e. The molecule has 0 fully saturated rings. The molecule has 0 unspecified atom stereocenters. The normalized spacial score (nSPS) is 11.0. The third kappa shape index (κ3) is 2.33. The molecule has 0 aliphatic carbocycles. The number of nitrogens with one attached hydrogen (secondary N) is 1. The van der Waals surface area contributed by atoms with Crippen LogP contribution in [0, 0.1) is 0 Å². The molecule has 0 atom stereocenters. The predicted octanol–water partition coefficient (Wildman–Crippen LogP) is 3.40. The summed E-state index contributed by atoms with van der Waals surface area (Å²) in [5.74, 6) is -0.272. The fourth-order valence-electron chi connectivity index (χ4n) is 2.75. The van der Waals surface area contributed by atoms with Gasteiger partial charge in [0, 0.05) is 34.0 Å². The van der Waals surface area contributed by atoms with Crippen molar-refractivity contribution in [2.24, 2.45) is 0 Å². The molecule has 0 aliphatic rings. The van der Waals surface area contributed by atoms with Crippen LogP contribution in [0.2, 0.25) is 0 Å². The molecule has 4 nitrogen and oxygen atoms in total. The minimum atomic E-state index is -0.272. The third-order valence-electron chi connectivity index (χ3n) is 3.75. The van der Waals surface area contributed by atoms with Crippen LogP contribution in [-0.4, -0.2) is 24.2 Å². The number of nitrogens with zero attached hydrogens (tertiary/aromatic N) is 1. The number of methoxy groups -OCH3 is 1. The van der Waals surface area contributed by atoms with E-state index in [2.05, 4.69) is 57.9 Å². The van der Waals surface area contributed by atoms with Crippen LogP contribution in [0.3, 0.4) is 0 Å². The van der Waals surface area contributed by atoms with Gasteiger partial charge in [-0.05, 0) is 31.2 Å². The monoisotopic (exact) mass is 282 g/mol. The number of rotatable bonds is 4. The van der Waals surface area contributed by atoms with Crippen molar-refractivity contribution in [1.82, 2.24) is 4.57 Å². The zero-order valence-corrected chi connectivity index (χ0v) is 12.2. The molecule has 21 heavy (non-hydrogen) atoms. The van der Waals surface area contributed by atoms with E-state index < -0.39 is 0 Å². The summed E-state index contributed by atoms with van der Waals surface area (Å²) in [4.78, 5) is 11.2. The highest BCUT2D eigenvalue weighted by Crippen LogP contribution is 2.30. The maximum absolute atomic E-state index is 11.2. The van der Waals surface area contributed by atoms with Crippen LogP contribution < -0.4 is 5.32 Å². The molecular formula is C17H18N2O2. The Morgan fingerprint density at radius 1 is 1.14 bits per heavy atom. The molecule has 108 valence electrons. The summed E-state index contributed by atoms with van der Waals surface area (Å²) < 4.78 is 6.95. The number of carbonyl (C=O) groups is 1. The van der Waals surface area contributed by atoms with Crippen molar-refractivity contribution in [1.29, 1.82) is 0 Å². The average Bonchev–Trinajstić information content (AvgIpc) is 2.85. The number of esters is 1. The van der Waals surface area contributed by atoms with Crippen LogP contribution in [-0.2, 0) is 16.1 Å². The molecule has 1 heterocycles. The van der Waals surface area contributed by atoms with Gasteiger partial charge in [0.15, 0.2) is 0 Å². The van der Waals surface area contributed by atoms with Crippen molar-refractivity contribution in [3.05, 3.63) is 42.5 Å². The second kappa shape index (κ2) is 5.48. The summed E-state index contributed by atoms with van der Waals surface area (Å²) in [6, 6.07) is 14.6. The van der Waals surface area contributed by atoms with Crippen molar-refractivity contribution in [3.63, 3.8) is 0 Å². The standard InChI is InChI=1S/C17H18N2O2/c1-3-19-15-7-5-4-6-13(15)14-10-12(8-9-16(14)19)18-11-17(20)21-2/h4-10,18H,3,11H2,1-2H3. The molecule has 1 N–H and O–H groups in total. The highest BCUT2D eigenvalue weighted by atomic mass is 16.5. The van der Waals surface area contributed by atoms with Gasteiger partial charge in [-0.2, -0.15) is 0 Å². The summed E-state index contributed by atoms with van der Waals surface area (Å²) in [5, 5.41) is 5.52. The number of fused-ring (bicyclic) bond motifs is 3. The lowest BCUT2D eigenvalue weighted by atomic mass is 10.1. The Kier molecular flexibility index (Phi) is 3.52. The highest BCUT2D eigenvalue weighted by Gasteiger charge is 2.09. The van der Waals surface area contributed by atoms with E-state index in [-0.39, 0.29) is 12.5 Å². The van der Waals surface area contributed by atoms with E-state index in [1.807, 2.05) is 6.07 Å². The second-order valence-corrected chi connectivity index (χ2v) is 4.92. The zero-order valence-electron chi connectivity index (χ0n) is 12.2. The van der Waals surface area contributed by atoms with E-state index in [9.17, 15) is 4.79 Å². The fourth-order valence-corrected chi connectivity index (χ4v) is 2.75. The first-order valence-electron chi connectivity index (χ1n) is 7.06. The van der Waals surface area contributed by atoms with Crippen molar-refractivity contribution in [3.8, 4) is 0 Å². The molecule has 0 saturated heterocycles. The molecule has 0 amide bonds. The fraction of sp³-hybridized carbons (Fsp3) is 0.235. The van der Waals surface area contributed by atoms with Gasteiger partial charge in [0.1, 0.15) is 6.54 Å². The number of hydrogen-bond donors (Lipinski definition) is 1. The molecule has 2 aromatic carbocycles. The summed E-state index contributed by atoms with van der Waals surface area (Å²) in [7, 11) is 1.39. The Balaban J connectivity index is 2.08. The quantitative estimate of drug-likeness (QED) is 0.746. The van der Waals surface area contributed by atoms with Gasteiger partial charge in [0.05, 0.1) is 7.11 Å². The van der Waals surface area contributed by atoms with Gasteiger partial charge in [0.2, 0.25) is 0 Å². The van der Waals surface area contributed by atoms with Gasteiger partial charge in [-0.1, -0.05) is 18.2 Å². The Labute approximate surface area is 123 Å². The lowest BCUT2D eigenvalue weighted by Crippen LogP contribution is -2.14. The maximum Gasteiger partial charge on any atom is 0.325 e. The Hall–Kier alpha value is -2.49. The first-order chi connectivity index (χ1) is 10.2. The molecule has 4 heteroatoms. The number of carbonyl (C=O) groups excluding carboxylic acids is 1. The number of benzene rings is 2. The number of ether oxygens (including phenoxy) is 1. The number of hydrogen-bond acceptors (Lipinski definition) is 3. The van der Waals surface area contributed by atoms with E-state index in [1.165, 1.54) is 28.9 Å². The van der Waals surface area contributed by atoms with Crippen molar-refractivity contribution in [2.45, 2.75) is 13.5 Å². The van der Waals surface area contributed by atoms with Crippen LogP contribution >= 0.6 is 0 Å². The van der Waals surface area contributed by atoms with E-state index in [1.54, 1.807) is 0 Å². The van der Waals surface area contributed by atoms with Crippen LogP contribution in [0.15, 0.2) is 42.5 Å². The lowest BCUT2D eigenvalue weighted by Gasteiger charge is -2.06. The maximum atomic E-state index is 11.2. The Bertz CT molecular complexity index is 805. The molecule has 0 aliphatic heterocycles. The highest BCUT2D eigenvalue weighted by molar-refractivity contribution is 6.09. The topological polar surface area (TPSA) is 43.3 Å². The van der Waals surface area contributed by atoms with Gasteiger partial charge < -0.3 is 14.6 Å². The number of aryl methyl sites for hydroxylation is 1. The summed E-state index contributed by atoms with van der Waals surface area (Å²) in [6.45, 7) is 3.25. The van der Waals surface area contributed by atoms with Gasteiger partial charge >= 0.3 is 5.97 Å². The smallest absolute Gasteiger partial charge is 0.325 e. The summed E-state index contributed by atoms with van der Waals surface area (Å²) in [5.41, 5.74) is 3.37. The summed E-state index contributed by atoms with van der Waals surface area (Å²) >= 11 is 0. The van der Waals surface area contributed by atoms with Crippen molar-refractivity contribution in [2.75, 3.05) is 19.0 Å². The van der Waals surface area contributed by atoms with Gasteiger partial charge in [0.25, 0.3) is 0 Å². The Morgan fingerprint density at radius 2 is 1.90 bits per heavy atom. The molecule has 1 aromatic heterocycles. The molecule has 3 rings (SSSR count). The SMILES string of the molecule is CCn1c2ccccc2c2cc(NCC(=O)OC)ccc21. The second-order valence-electron chi connectivity index (χ2n) is 4.92. The zero-order chi connectivity index (χ0) is 14.8. The third-order valence-corrected chi connectivity index (χ3v) is 3.75. The largest absolute Gasteiger partial charge is 0.468 e. The molecule has 3 aromatic rings. The molecule has 0 bridgehead atoms. The number of anilines is 1.